The fourth-order valence-corrected chi connectivity index (χ4v) is 2.42. The number of hydrogen-bond acceptors (Lipinski definition) is 4. The highest BCUT2D eigenvalue weighted by Gasteiger charge is 2.26. The Morgan fingerprint density at radius 2 is 1.88 bits per heavy atom. The van der Waals surface area contributed by atoms with Crippen molar-refractivity contribution in [1.29, 1.82) is 5.26 Å². The molecule has 0 saturated heterocycles. The van der Waals surface area contributed by atoms with Gasteiger partial charge in [-0.25, -0.2) is 9.18 Å². The largest absolute Gasteiger partial charge is 0.480 e. The maximum Gasteiger partial charge on any atom is 0.326 e. The molecular formula is C18H22FN3O4. The zero-order valence-corrected chi connectivity index (χ0v) is 14.5. The highest BCUT2D eigenvalue weighted by atomic mass is 19.1. The second kappa shape index (κ2) is 10.8. The van der Waals surface area contributed by atoms with Gasteiger partial charge in [-0.3, -0.25) is 9.59 Å². The molecule has 0 aliphatic rings. The van der Waals surface area contributed by atoms with Gasteiger partial charge in [-0.2, -0.15) is 5.26 Å². The summed E-state index contributed by atoms with van der Waals surface area (Å²) in [6.07, 6.45) is 1.36. The Labute approximate surface area is 151 Å². The van der Waals surface area contributed by atoms with Crippen LogP contribution in [0.3, 0.4) is 0 Å². The van der Waals surface area contributed by atoms with Crippen molar-refractivity contribution in [1.82, 2.24) is 10.6 Å². The lowest BCUT2D eigenvalue weighted by Gasteiger charge is -2.21. The Balaban J connectivity index is 2.80. The number of nitriles is 1. The van der Waals surface area contributed by atoms with Crippen molar-refractivity contribution >= 4 is 17.8 Å². The smallest absolute Gasteiger partial charge is 0.326 e. The van der Waals surface area contributed by atoms with E-state index in [0.717, 1.165) is 0 Å². The van der Waals surface area contributed by atoms with Crippen molar-refractivity contribution in [2.75, 3.05) is 0 Å². The summed E-state index contributed by atoms with van der Waals surface area (Å²) >= 11 is 0. The van der Waals surface area contributed by atoms with Crippen LogP contribution in [0.1, 0.15) is 38.2 Å². The number of rotatable bonds is 10. The van der Waals surface area contributed by atoms with Gasteiger partial charge < -0.3 is 15.7 Å². The first-order valence-corrected chi connectivity index (χ1v) is 8.25. The summed E-state index contributed by atoms with van der Waals surface area (Å²) in [5.74, 6) is -2.90. The number of hydrogen-bond donors (Lipinski definition) is 3. The van der Waals surface area contributed by atoms with Crippen molar-refractivity contribution in [3.63, 3.8) is 0 Å². The second-order valence-corrected chi connectivity index (χ2v) is 5.85. The first-order valence-electron chi connectivity index (χ1n) is 8.25. The van der Waals surface area contributed by atoms with Crippen LogP contribution >= 0.6 is 0 Å². The zero-order chi connectivity index (χ0) is 19.5. The Morgan fingerprint density at radius 1 is 1.19 bits per heavy atom. The first kappa shape index (κ1) is 21.1. The standard InChI is InChI=1S/C18H22FN3O4/c1-12(23)21-16(11-13-7-4-5-8-14(13)19)17(24)22-15(18(25)26)9-3-2-6-10-20/h4-5,7-8,15-16H,2-3,6,9,11H2,1H3,(H,21,23)(H,22,24)(H,25,26)/t15-,16-/m1/s1. The van der Waals surface area contributed by atoms with E-state index in [-0.39, 0.29) is 18.4 Å². The monoisotopic (exact) mass is 363 g/mol. The predicted molar refractivity (Wildman–Crippen MR) is 91.4 cm³/mol. The van der Waals surface area contributed by atoms with Gasteiger partial charge in [0.2, 0.25) is 11.8 Å². The number of aliphatic carboxylic acids is 1. The van der Waals surface area contributed by atoms with E-state index < -0.39 is 35.7 Å². The van der Waals surface area contributed by atoms with Gasteiger partial charge in [0.05, 0.1) is 6.07 Å². The van der Waals surface area contributed by atoms with Crippen molar-refractivity contribution in [3.05, 3.63) is 35.6 Å². The summed E-state index contributed by atoms with van der Waals surface area (Å²) < 4.78 is 13.8. The highest BCUT2D eigenvalue weighted by Crippen LogP contribution is 2.10. The lowest BCUT2D eigenvalue weighted by molar-refractivity contribution is -0.142. The summed E-state index contributed by atoms with van der Waals surface area (Å²) in [5, 5.41) is 22.5. The van der Waals surface area contributed by atoms with Crippen LogP contribution in [0.5, 0.6) is 0 Å². The molecule has 0 bridgehead atoms. The molecule has 140 valence electrons. The SMILES string of the molecule is CC(=O)N[C@H](Cc1ccccc1F)C(=O)N[C@H](CCCCC#N)C(=O)O. The number of amides is 2. The van der Waals surface area contributed by atoms with Gasteiger partial charge in [0.25, 0.3) is 0 Å². The molecule has 7 nitrogen and oxygen atoms in total. The van der Waals surface area contributed by atoms with Crippen molar-refractivity contribution in [2.24, 2.45) is 0 Å². The van der Waals surface area contributed by atoms with Gasteiger partial charge in [0.1, 0.15) is 17.9 Å². The lowest BCUT2D eigenvalue weighted by Crippen LogP contribution is -2.52. The van der Waals surface area contributed by atoms with Crippen LogP contribution in [0.2, 0.25) is 0 Å². The van der Waals surface area contributed by atoms with Crippen molar-refractivity contribution in [3.8, 4) is 6.07 Å². The van der Waals surface area contributed by atoms with Crippen LogP contribution in [0.15, 0.2) is 24.3 Å². The van der Waals surface area contributed by atoms with Crippen molar-refractivity contribution < 1.29 is 23.9 Å². The third kappa shape index (κ3) is 7.30. The number of unbranched alkanes of at least 4 members (excludes halogenated alkanes) is 2. The molecule has 0 fully saturated rings. The van der Waals surface area contributed by atoms with Crippen LogP contribution in [0.4, 0.5) is 4.39 Å². The zero-order valence-electron chi connectivity index (χ0n) is 14.5. The molecule has 1 aromatic carbocycles. The maximum absolute atomic E-state index is 13.8. The number of nitrogens with zero attached hydrogens (tertiary/aromatic N) is 1. The molecule has 0 unspecified atom stereocenters. The fraction of sp³-hybridized carbons (Fsp3) is 0.444. The molecule has 0 aromatic heterocycles. The number of halogens is 1. The van der Waals surface area contributed by atoms with Gasteiger partial charge in [-0.05, 0) is 30.9 Å². The van der Waals surface area contributed by atoms with E-state index in [4.69, 9.17) is 5.26 Å². The summed E-state index contributed by atoms with van der Waals surface area (Å²) in [6, 6.07) is 5.59. The summed E-state index contributed by atoms with van der Waals surface area (Å²) in [5.41, 5.74) is 0.238. The minimum Gasteiger partial charge on any atom is -0.480 e. The van der Waals surface area contributed by atoms with Gasteiger partial charge in [-0.1, -0.05) is 18.2 Å². The number of carboxylic acid groups (broad SMARTS) is 1. The molecule has 2 atom stereocenters. The molecule has 0 heterocycles. The molecule has 3 N–H and O–H groups in total. The van der Waals surface area contributed by atoms with E-state index in [1.165, 1.54) is 25.1 Å². The molecule has 2 amide bonds. The quantitative estimate of drug-likeness (QED) is 0.545. The Kier molecular flexibility index (Phi) is 8.78. The molecule has 0 radical (unpaired) electrons. The summed E-state index contributed by atoms with van der Waals surface area (Å²) in [6.45, 7) is 1.22. The minimum atomic E-state index is -1.21. The highest BCUT2D eigenvalue weighted by molar-refractivity contribution is 5.90. The third-order valence-electron chi connectivity index (χ3n) is 3.72. The molecule has 0 spiro atoms. The minimum absolute atomic E-state index is 0.0984. The molecule has 0 aliphatic heterocycles. The average Bonchev–Trinajstić information content (AvgIpc) is 2.58. The molecule has 8 heteroatoms. The third-order valence-corrected chi connectivity index (χ3v) is 3.72. The van der Waals surface area contributed by atoms with E-state index in [1.54, 1.807) is 6.07 Å². The number of carboxylic acids is 1. The first-order chi connectivity index (χ1) is 12.3. The topological polar surface area (TPSA) is 119 Å². The van der Waals surface area contributed by atoms with Gasteiger partial charge in [-0.15, -0.1) is 0 Å². The molecule has 0 saturated carbocycles. The molecule has 26 heavy (non-hydrogen) atoms. The summed E-state index contributed by atoms with van der Waals surface area (Å²) in [4.78, 5) is 35.1. The molecule has 0 aliphatic carbocycles. The predicted octanol–water partition coefficient (Wildman–Crippen LogP) is 1.53. The van der Waals surface area contributed by atoms with Crippen LogP contribution in [-0.4, -0.2) is 35.0 Å². The Morgan fingerprint density at radius 3 is 2.46 bits per heavy atom. The number of nitrogens with one attached hydrogen (secondary N) is 2. The normalized spacial score (nSPS) is 12.5. The average molecular weight is 363 g/mol. The van der Waals surface area contributed by atoms with Gasteiger partial charge in [0.15, 0.2) is 0 Å². The van der Waals surface area contributed by atoms with Crippen LogP contribution < -0.4 is 10.6 Å². The Hall–Kier alpha value is -2.95. The van der Waals surface area contributed by atoms with Crippen LogP contribution in [0.25, 0.3) is 0 Å². The van der Waals surface area contributed by atoms with E-state index in [0.29, 0.717) is 19.3 Å². The molecular weight excluding hydrogens is 341 g/mol. The lowest BCUT2D eigenvalue weighted by atomic mass is 10.0. The van der Waals surface area contributed by atoms with Gasteiger partial charge in [0, 0.05) is 19.8 Å². The van der Waals surface area contributed by atoms with Crippen LogP contribution in [0, 0.1) is 17.1 Å². The van der Waals surface area contributed by atoms with Crippen molar-refractivity contribution in [2.45, 2.75) is 51.1 Å². The summed E-state index contributed by atoms with van der Waals surface area (Å²) in [7, 11) is 0. The number of carbonyl (C=O) groups is 3. The molecule has 1 rings (SSSR count). The van der Waals surface area contributed by atoms with Gasteiger partial charge >= 0.3 is 5.97 Å². The fourth-order valence-electron chi connectivity index (χ4n) is 2.42. The number of carbonyl (C=O) groups excluding carboxylic acids is 2. The van der Waals surface area contributed by atoms with E-state index in [9.17, 15) is 23.9 Å². The Bertz CT molecular complexity index is 687. The number of benzene rings is 1. The van der Waals surface area contributed by atoms with E-state index in [1.807, 2.05) is 6.07 Å². The second-order valence-electron chi connectivity index (χ2n) is 5.85. The molecule has 1 aromatic rings. The maximum atomic E-state index is 13.8. The van der Waals surface area contributed by atoms with Crippen LogP contribution in [-0.2, 0) is 20.8 Å². The van der Waals surface area contributed by atoms with E-state index in [2.05, 4.69) is 10.6 Å². The van der Waals surface area contributed by atoms with E-state index >= 15 is 0 Å².